The minimum absolute atomic E-state index is 0.186. The molecule has 27 heavy (non-hydrogen) atoms. The third-order valence-electron chi connectivity index (χ3n) is 4.34. The fourth-order valence-corrected chi connectivity index (χ4v) is 4.13. The van der Waals surface area contributed by atoms with Crippen LogP contribution in [-0.4, -0.2) is 44.6 Å². The molecule has 1 aromatic heterocycles. The quantitative estimate of drug-likeness (QED) is 0.684. The molecule has 9 heteroatoms. The lowest BCUT2D eigenvalue weighted by Crippen LogP contribution is -2.31. The Morgan fingerprint density at radius 1 is 1.07 bits per heavy atom. The number of nitrogens with one attached hydrogen (secondary N) is 2. The normalized spacial score (nSPS) is 15.0. The summed E-state index contributed by atoms with van der Waals surface area (Å²) >= 11 is 5.80. The van der Waals surface area contributed by atoms with E-state index in [1.807, 2.05) is 13.0 Å². The molecule has 1 aliphatic rings. The van der Waals surface area contributed by atoms with Gasteiger partial charge < -0.3 is 10.2 Å². The van der Waals surface area contributed by atoms with Gasteiger partial charge in [-0.05, 0) is 50.5 Å². The molecule has 0 unspecified atom stereocenters. The van der Waals surface area contributed by atoms with E-state index >= 15 is 0 Å². The number of sulfonamides is 1. The van der Waals surface area contributed by atoms with Gasteiger partial charge in [-0.15, -0.1) is 0 Å². The Labute approximate surface area is 165 Å². The van der Waals surface area contributed by atoms with Gasteiger partial charge in [0.2, 0.25) is 16.0 Å². The van der Waals surface area contributed by atoms with E-state index < -0.39 is 10.0 Å². The summed E-state index contributed by atoms with van der Waals surface area (Å²) in [5.74, 6) is 1.44. The molecule has 1 aromatic carbocycles. The highest BCUT2D eigenvalue weighted by Crippen LogP contribution is 2.19. The van der Waals surface area contributed by atoms with Crippen molar-refractivity contribution in [2.24, 2.45) is 0 Å². The van der Waals surface area contributed by atoms with Crippen LogP contribution in [0.25, 0.3) is 0 Å². The Bertz CT molecular complexity index is 868. The van der Waals surface area contributed by atoms with Gasteiger partial charge >= 0.3 is 0 Å². The molecule has 1 fully saturated rings. The third-order valence-corrected chi connectivity index (χ3v) is 6.07. The molecule has 2 heterocycles. The zero-order valence-corrected chi connectivity index (χ0v) is 16.9. The predicted octanol–water partition coefficient (Wildman–Crippen LogP) is 2.82. The fourth-order valence-electron chi connectivity index (χ4n) is 2.97. The number of aromatic nitrogens is 2. The van der Waals surface area contributed by atoms with E-state index in [0.717, 1.165) is 24.6 Å². The van der Waals surface area contributed by atoms with E-state index in [2.05, 4.69) is 24.9 Å². The number of anilines is 2. The molecule has 0 bridgehead atoms. The average molecular weight is 410 g/mol. The Morgan fingerprint density at radius 3 is 2.48 bits per heavy atom. The average Bonchev–Trinajstić information content (AvgIpc) is 2.66. The lowest BCUT2D eigenvalue weighted by molar-refractivity contribution is 0.573. The van der Waals surface area contributed by atoms with Gasteiger partial charge in [-0.3, -0.25) is 0 Å². The van der Waals surface area contributed by atoms with Crippen molar-refractivity contribution in [3.63, 3.8) is 0 Å². The summed E-state index contributed by atoms with van der Waals surface area (Å²) in [5, 5.41) is 3.60. The second-order valence-corrected chi connectivity index (χ2v) is 8.72. The molecule has 146 valence electrons. The van der Waals surface area contributed by atoms with Crippen molar-refractivity contribution in [1.29, 1.82) is 0 Å². The van der Waals surface area contributed by atoms with Crippen LogP contribution in [0.3, 0.4) is 0 Å². The highest BCUT2D eigenvalue weighted by Gasteiger charge is 2.15. The lowest BCUT2D eigenvalue weighted by Gasteiger charge is -2.28. The minimum Gasteiger partial charge on any atom is -0.356 e. The number of hydrogen-bond acceptors (Lipinski definition) is 6. The Hall–Kier alpha value is -1.90. The summed E-state index contributed by atoms with van der Waals surface area (Å²) in [7, 11) is -3.56. The third kappa shape index (κ3) is 5.54. The van der Waals surface area contributed by atoms with E-state index in [0.29, 0.717) is 17.5 Å². The van der Waals surface area contributed by atoms with Crippen molar-refractivity contribution in [3.8, 4) is 0 Å². The number of halogens is 1. The number of nitrogens with zero attached hydrogens (tertiary/aromatic N) is 3. The summed E-state index contributed by atoms with van der Waals surface area (Å²) in [6, 6.07) is 8.05. The van der Waals surface area contributed by atoms with Crippen LogP contribution < -0.4 is 14.9 Å². The molecule has 3 rings (SSSR count). The molecule has 0 spiro atoms. The van der Waals surface area contributed by atoms with Gasteiger partial charge in [0.25, 0.3) is 0 Å². The molecule has 2 aromatic rings. The molecule has 2 N–H and O–H groups in total. The lowest BCUT2D eigenvalue weighted by atomic mass is 10.1. The van der Waals surface area contributed by atoms with Crippen LogP contribution >= 0.6 is 11.6 Å². The van der Waals surface area contributed by atoms with E-state index in [4.69, 9.17) is 11.6 Å². The molecule has 1 saturated heterocycles. The van der Waals surface area contributed by atoms with Gasteiger partial charge in [0.1, 0.15) is 5.82 Å². The minimum atomic E-state index is -3.56. The first kappa shape index (κ1) is 19.9. The maximum Gasteiger partial charge on any atom is 0.240 e. The van der Waals surface area contributed by atoms with Crippen molar-refractivity contribution in [3.05, 3.63) is 41.0 Å². The Balaban J connectivity index is 1.55. The van der Waals surface area contributed by atoms with Crippen molar-refractivity contribution in [1.82, 2.24) is 14.7 Å². The molecule has 1 aliphatic heterocycles. The monoisotopic (exact) mass is 409 g/mol. The first-order valence-electron chi connectivity index (χ1n) is 9.04. The standard InChI is InChI=1S/C18H24ClN5O2S/c1-14-13-17(24-11-3-2-4-12-24)23-18(22-14)20-9-10-21-27(25,26)16-7-5-15(19)6-8-16/h5-8,13,21H,2-4,9-12H2,1H3,(H,20,22,23). The van der Waals surface area contributed by atoms with E-state index in [1.54, 1.807) is 12.1 Å². The number of benzene rings is 1. The second kappa shape index (κ2) is 8.86. The fraction of sp³-hybridized carbons (Fsp3) is 0.444. The number of aryl methyl sites for hydroxylation is 1. The SMILES string of the molecule is Cc1cc(N2CCCCC2)nc(NCCNS(=O)(=O)c2ccc(Cl)cc2)n1. The van der Waals surface area contributed by atoms with E-state index in [-0.39, 0.29) is 11.4 Å². The summed E-state index contributed by atoms with van der Waals surface area (Å²) in [5.41, 5.74) is 0.884. The smallest absolute Gasteiger partial charge is 0.240 e. The Morgan fingerprint density at radius 2 is 1.78 bits per heavy atom. The van der Waals surface area contributed by atoms with Crippen LogP contribution in [0.2, 0.25) is 5.02 Å². The zero-order valence-electron chi connectivity index (χ0n) is 15.3. The highest BCUT2D eigenvalue weighted by molar-refractivity contribution is 7.89. The van der Waals surface area contributed by atoms with Crippen molar-refractivity contribution in [2.45, 2.75) is 31.1 Å². The first-order valence-corrected chi connectivity index (χ1v) is 10.9. The van der Waals surface area contributed by atoms with Crippen LogP contribution in [0, 0.1) is 6.92 Å². The van der Waals surface area contributed by atoms with Gasteiger partial charge in [-0.2, -0.15) is 4.98 Å². The van der Waals surface area contributed by atoms with Gasteiger partial charge in [0.05, 0.1) is 4.90 Å². The van der Waals surface area contributed by atoms with Crippen LogP contribution in [0.1, 0.15) is 25.0 Å². The molecule has 0 amide bonds. The van der Waals surface area contributed by atoms with Crippen molar-refractivity contribution >= 4 is 33.4 Å². The number of piperidine rings is 1. The molecular weight excluding hydrogens is 386 g/mol. The van der Waals surface area contributed by atoms with E-state index in [1.165, 1.54) is 31.4 Å². The van der Waals surface area contributed by atoms with E-state index in [9.17, 15) is 8.42 Å². The van der Waals surface area contributed by atoms with Gasteiger partial charge in [0, 0.05) is 43.0 Å². The number of rotatable bonds is 7. The topological polar surface area (TPSA) is 87.2 Å². The van der Waals surface area contributed by atoms with Gasteiger partial charge in [0.15, 0.2) is 0 Å². The van der Waals surface area contributed by atoms with Crippen molar-refractivity contribution < 1.29 is 8.42 Å². The molecule has 7 nitrogen and oxygen atoms in total. The Kier molecular flexibility index (Phi) is 6.51. The highest BCUT2D eigenvalue weighted by atomic mass is 35.5. The van der Waals surface area contributed by atoms with Crippen LogP contribution in [0.15, 0.2) is 35.2 Å². The molecule has 0 atom stereocenters. The van der Waals surface area contributed by atoms with Crippen molar-refractivity contribution in [2.75, 3.05) is 36.4 Å². The largest absolute Gasteiger partial charge is 0.356 e. The summed E-state index contributed by atoms with van der Waals surface area (Å²) in [6.45, 7) is 4.56. The van der Waals surface area contributed by atoms with Gasteiger partial charge in [-0.25, -0.2) is 18.1 Å². The zero-order chi connectivity index (χ0) is 19.3. The van der Waals surface area contributed by atoms with Crippen LogP contribution in [0.5, 0.6) is 0 Å². The summed E-state index contributed by atoms with van der Waals surface area (Å²) in [6.07, 6.45) is 3.62. The van der Waals surface area contributed by atoms with Gasteiger partial charge in [-0.1, -0.05) is 11.6 Å². The molecule has 0 aliphatic carbocycles. The molecular formula is C18H24ClN5O2S. The number of hydrogen-bond donors (Lipinski definition) is 2. The first-order chi connectivity index (χ1) is 12.9. The maximum absolute atomic E-state index is 12.2. The predicted molar refractivity (Wildman–Crippen MR) is 108 cm³/mol. The van der Waals surface area contributed by atoms with Crippen LogP contribution in [-0.2, 0) is 10.0 Å². The second-order valence-electron chi connectivity index (χ2n) is 6.52. The summed E-state index contributed by atoms with van der Waals surface area (Å²) in [4.78, 5) is 11.4. The summed E-state index contributed by atoms with van der Waals surface area (Å²) < 4.78 is 27.1. The molecule has 0 radical (unpaired) electrons. The maximum atomic E-state index is 12.2. The molecule has 0 saturated carbocycles. The van der Waals surface area contributed by atoms with Crippen LogP contribution in [0.4, 0.5) is 11.8 Å².